The summed E-state index contributed by atoms with van der Waals surface area (Å²) in [7, 11) is 0. The van der Waals surface area contributed by atoms with Crippen molar-refractivity contribution >= 4 is 34.4 Å². The Morgan fingerprint density at radius 3 is 2.67 bits per heavy atom. The average molecular weight is 349 g/mol. The quantitative estimate of drug-likeness (QED) is 0.781. The van der Waals surface area contributed by atoms with Gasteiger partial charge in [-0.1, -0.05) is 17.8 Å². The Morgan fingerprint density at radius 2 is 2.04 bits per heavy atom. The van der Waals surface area contributed by atoms with Crippen LogP contribution in [0.15, 0.2) is 24.3 Å². The van der Waals surface area contributed by atoms with Crippen molar-refractivity contribution in [3.8, 4) is 0 Å². The zero-order chi connectivity index (χ0) is 17.9. The van der Waals surface area contributed by atoms with Crippen LogP contribution in [0.2, 0.25) is 0 Å². The minimum atomic E-state index is -0.564. The van der Waals surface area contributed by atoms with Crippen molar-refractivity contribution in [3.63, 3.8) is 0 Å². The molecule has 1 saturated heterocycles. The Kier molecular flexibility index (Phi) is 5.70. The molecule has 0 aliphatic carbocycles. The Labute approximate surface area is 146 Å². The van der Waals surface area contributed by atoms with E-state index < -0.39 is 11.6 Å². The standard InChI is InChI=1S/C18H23NO4S/c1-12(20)24-11-13-8-16(21)19(10-13)15-7-5-6-14(9-15)17(22)23-18(2,3)4/h5-7,9,13H,8,10-11H2,1-4H3. The predicted octanol–water partition coefficient (Wildman–Crippen LogP) is 3.27. The summed E-state index contributed by atoms with van der Waals surface area (Å²) < 4.78 is 5.37. The molecular formula is C18H23NO4S. The Morgan fingerprint density at radius 1 is 1.33 bits per heavy atom. The van der Waals surface area contributed by atoms with E-state index in [1.807, 2.05) is 26.8 Å². The van der Waals surface area contributed by atoms with Gasteiger partial charge in [-0.15, -0.1) is 0 Å². The van der Waals surface area contributed by atoms with E-state index in [1.54, 1.807) is 23.1 Å². The molecule has 0 bridgehead atoms. The number of hydrogen-bond donors (Lipinski definition) is 0. The summed E-state index contributed by atoms with van der Waals surface area (Å²) in [6.07, 6.45) is 0.428. The lowest BCUT2D eigenvalue weighted by molar-refractivity contribution is -0.117. The van der Waals surface area contributed by atoms with Crippen LogP contribution in [0.5, 0.6) is 0 Å². The van der Waals surface area contributed by atoms with Crippen LogP contribution in [0, 0.1) is 5.92 Å². The van der Waals surface area contributed by atoms with Gasteiger partial charge in [0, 0.05) is 31.3 Å². The van der Waals surface area contributed by atoms with Crippen LogP contribution in [0.3, 0.4) is 0 Å². The highest BCUT2D eigenvalue weighted by molar-refractivity contribution is 8.13. The molecule has 24 heavy (non-hydrogen) atoms. The number of ether oxygens (including phenoxy) is 1. The number of rotatable bonds is 4. The smallest absolute Gasteiger partial charge is 0.338 e. The molecule has 0 spiro atoms. The van der Waals surface area contributed by atoms with E-state index in [1.165, 1.54) is 18.7 Å². The molecule has 1 fully saturated rings. The van der Waals surface area contributed by atoms with Gasteiger partial charge >= 0.3 is 5.97 Å². The minimum Gasteiger partial charge on any atom is -0.456 e. The highest BCUT2D eigenvalue weighted by Crippen LogP contribution is 2.28. The SMILES string of the molecule is CC(=O)SCC1CC(=O)N(c2cccc(C(=O)OC(C)(C)C)c2)C1. The molecule has 0 N–H and O–H groups in total. The van der Waals surface area contributed by atoms with Crippen LogP contribution in [-0.2, 0) is 14.3 Å². The Hall–Kier alpha value is -1.82. The molecule has 6 heteroatoms. The zero-order valence-electron chi connectivity index (χ0n) is 14.5. The maximum absolute atomic E-state index is 12.3. The first kappa shape index (κ1) is 18.5. The van der Waals surface area contributed by atoms with Gasteiger partial charge in [-0.05, 0) is 44.9 Å². The fourth-order valence-electron chi connectivity index (χ4n) is 2.52. The lowest BCUT2D eigenvalue weighted by atomic mass is 10.1. The minimum absolute atomic E-state index is 0.0190. The molecule has 130 valence electrons. The Bertz CT molecular complexity index is 651. The molecule has 1 aliphatic rings. The number of anilines is 1. The molecule has 0 aromatic heterocycles. The third kappa shape index (κ3) is 5.09. The van der Waals surface area contributed by atoms with Gasteiger partial charge in [0.1, 0.15) is 5.60 Å². The normalized spacial score (nSPS) is 17.9. The number of benzene rings is 1. The molecule has 1 unspecified atom stereocenters. The van der Waals surface area contributed by atoms with E-state index in [-0.39, 0.29) is 16.9 Å². The third-order valence-corrected chi connectivity index (χ3v) is 4.56. The maximum Gasteiger partial charge on any atom is 0.338 e. The van der Waals surface area contributed by atoms with Gasteiger partial charge in [-0.2, -0.15) is 0 Å². The largest absolute Gasteiger partial charge is 0.456 e. The molecule has 0 radical (unpaired) electrons. The first-order valence-corrected chi connectivity index (χ1v) is 8.91. The Balaban J connectivity index is 2.09. The molecular weight excluding hydrogens is 326 g/mol. The molecule has 1 aliphatic heterocycles. The molecule has 1 aromatic rings. The van der Waals surface area contributed by atoms with Crippen molar-refractivity contribution in [3.05, 3.63) is 29.8 Å². The average Bonchev–Trinajstić information content (AvgIpc) is 2.84. The molecule has 5 nitrogen and oxygen atoms in total. The molecule has 1 atom stereocenters. The first-order valence-electron chi connectivity index (χ1n) is 7.93. The lowest BCUT2D eigenvalue weighted by Crippen LogP contribution is -2.26. The number of hydrogen-bond acceptors (Lipinski definition) is 5. The first-order chi connectivity index (χ1) is 11.2. The van der Waals surface area contributed by atoms with E-state index in [0.29, 0.717) is 30.0 Å². The van der Waals surface area contributed by atoms with E-state index in [2.05, 4.69) is 0 Å². The monoisotopic (exact) mass is 349 g/mol. The molecule has 0 saturated carbocycles. The van der Waals surface area contributed by atoms with E-state index in [0.717, 1.165) is 0 Å². The van der Waals surface area contributed by atoms with Gasteiger partial charge in [0.05, 0.1) is 5.56 Å². The van der Waals surface area contributed by atoms with Crippen molar-refractivity contribution in [1.29, 1.82) is 0 Å². The summed E-state index contributed by atoms with van der Waals surface area (Å²) in [5, 5.41) is 0.0628. The van der Waals surface area contributed by atoms with Gasteiger partial charge < -0.3 is 9.64 Å². The molecule has 1 aromatic carbocycles. The van der Waals surface area contributed by atoms with Crippen LogP contribution in [0.4, 0.5) is 5.69 Å². The number of amides is 1. The van der Waals surface area contributed by atoms with Crippen molar-refractivity contribution in [2.75, 3.05) is 17.2 Å². The third-order valence-electron chi connectivity index (χ3n) is 3.52. The zero-order valence-corrected chi connectivity index (χ0v) is 15.3. The van der Waals surface area contributed by atoms with Crippen LogP contribution in [0.1, 0.15) is 44.5 Å². The van der Waals surface area contributed by atoms with Crippen LogP contribution >= 0.6 is 11.8 Å². The fraction of sp³-hybridized carbons (Fsp3) is 0.500. The molecule has 2 rings (SSSR count). The van der Waals surface area contributed by atoms with Gasteiger partial charge in [0.15, 0.2) is 5.12 Å². The summed E-state index contributed by atoms with van der Waals surface area (Å²) in [6.45, 7) is 7.54. The number of thioether (sulfide) groups is 1. The number of esters is 1. The van der Waals surface area contributed by atoms with Crippen molar-refractivity contribution < 1.29 is 19.1 Å². The van der Waals surface area contributed by atoms with Crippen LogP contribution < -0.4 is 4.90 Å². The summed E-state index contributed by atoms with van der Waals surface area (Å²) in [4.78, 5) is 37.2. The van der Waals surface area contributed by atoms with Crippen molar-refractivity contribution in [1.82, 2.24) is 0 Å². The van der Waals surface area contributed by atoms with Crippen LogP contribution in [0.25, 0.3) is 0 Å². The highest BCUT2D eigenvalue weighted by atomic mass is 32.2. The second-order valence-corrected chi connectivity index (χ2v) is 8.13. The molecule has 1 amide bonds. The number of carbonyl (C=O) groups excluding carboxylic acids is 3. The van der Waals surface area contributed by atoms with Gasteiger partial charge in [-0.25, -0.2) is 4.79 Å². The van der Waals surface area contributed by atoms with E-state index >= 15 is 0 Å². The fourth-order valence-corrected chi connectivity index (χ4v) is 3.21. The van der Waals surface area contributed by atoms with Crippen molar-refractivity contribution in [2.45, 2.75) is 39.7 Å². The van der Waals surface area contributed by atoms with Crippen LogP contribution in [-0.4, -0.2) is 34.9 Å². The van der Waals surface area contributed by atoms with E-state index in [9.17, 15) is 14.4 Å². The maximum atomic E-state index is 12.3. The van der Waals surface area contributed by atoms with Gasteiger partial charge in [0.2, 0.25) is 5.91 Å². The second-order valence-electron chi connectivity index (χ2n) is 6.93. The summed E-state index contributed by atoms with van der Waals surface area (Å²) >= 11 is 1.25. The topological polar surface area (TPSA) is 63.7 Å². The summed E-state index contributed by atoms with van der Waals surface area (Å²) in [5.74, 6) is 0.408. The van der Waals surface area contributed by atoms with Crippen molar-refractivity contribution in [2.24, 2.45) is 5.92 Å². The highest BCUT2D eigenvalue weighted by Gasteiger charge is 2.31. The summed E-state index contributed by atoms with van der Waals surface area (Å²) in [6, 6.07) is 6.93. The number of carbonyl (C=O) groups is 3. The summed E-state index contributed by atoms with van der Waals surface area (Å²) in [5.41, 5.74) is 0.557. The predicted molar refractivity (Wildman–Crippen MR) is 95.2 cm³/mol. The van der Waals surface area contributed by atoms with Gasteiger partial charge in [-0.3, -0.25) is 9.59 Å². The van der Waals surface area contributed by atoms with E-state index in [4.69, 9.17) is 4.74 Å². The second kappa shape index (κ2) is 7.38. The lowest BCUT2D eigenvalue weighted by Gasteiger charge is -2.21. The van der Waals surface area contributed by atoms with Gasteiger partial charge in [0.25, 0.3) is 0 Å². The molecule has 1 heterocycles. The number of nitrogens with zero attached hydrogens (tertiary/aromatic N) is 1.